The number of pyridine rings is 1. The number of carbonyl (C=O) groups excluding carboxylic acids is 3. The largest absolute Gasteiger partial charge is 0.309 e. The minimum Gasteiger partial charge on any atom is -0.309 e. The van der Waals surface area contributed by atoms with Gasteiger partial charge in [0.2, 0.25) is 18.2 Å². The Labute approximate surface area is 176 Å². The highest BCUT2D eigenvalue weighted by molar-refractivity contribution is 5.97. The van der Waals surface area contributed by atoms with Crippen molar-refractivity contribution in [3.05, 3.63) is 35.5 Å². The second-order valence-corrected chi connectivity index (χ2v) is 7.68. The Bertz CT molecular complexity index is 804. The van der Waals surface area contributed by atoms with Crippen molar-refractivity contribution in [3.8, 4) is 0 Å². The van der Waals surface area contributed by atoms with E-state index in [2.05, 4.69) is 15.7 Å². The van der Waals surface area contributed by atoms with Crippen molar-refractivity contribution >= 4 is 24.0 Å². The van der Waals surface area contributed by atoms with Gasteiger partial charge < -0.3 is 5.32 Å². The Morgan fingerprint density at radius 2 is 2.20 bits per heavy atom. The lowest BCUT2D eigenvalue weighted by Gasteiger charge is -2.27. The minimum atomic E-state index is -0.726. The van der Waals surface area contributed by atoms with Crippen LogP contribution in [0.25, 0.3) is 0 Å². The Morgan fingerprint density at radius 3 is 2.90 bits per heavy atom. The SMILES string of the molecule is CCc1ccnc(NC(=O)C2CCNN2C(=O)C(C=C2CCCC2)CN(O)C=O)c1. The summed E-state index contributed by atoms with van der Waals surface area (Å²) in [5.41, 5.74) is 5.18. The average Bonchev–Trinajstić information content (AvgIpc) is 3.44. The number of nitrogens with one attached hydrogen (secondary N) is 2. The van der Waals surface area contributed by atoms with Gasteiger partial charge in [0.05, 0.1) is 12.5 Å². The third kappa shape index (κ3) is 5.43. The molecule has 1 aliphatic carbocycles. The van der Waals surface area contributed by atoms with E-state index in [0.717, 1.165) is 43.2 Å². The number of carbonyl (C=O) groups is 3. The van der Waals surface area contributed by atoms with Crippen molar-refractivity contribution in [1.29, 1.82) is 0 Å². The van der Waals surface area contributed by atoms with Crippen molar-refractivity contribution in [1.82, 2.24) is 20.5 Å². The van der Waals surface area contributed by atoms with E-state index in [1.807, 2.05) is 25.1 Å². The number of nitrogens with zero attached hydrogens (tertiary/aromatic N) is 3. The molecule has 0 aromatic carbocycles. The molecule has 2 atom stereocenters. The van der Waals surface area contributed by atoms with Crippen LogP contribution in [0, 0.1) is 5.92 Å². The van der Waals surface area contributed by atoms with Crippen LogP contribution in [-0.4, -0.2) is 57.6 Å². The van der Waals surface area contributed by atoms with Crippen molar-refractivity contribution in [2.24, 2.45) is 5.92 Å². The molecule has 1 aromatic rings. The molecular weight excluding hydrogens is 386 g/mol. The summed E-state index contributed by atoms with van der Waals surface area (Å²) < 4.78 is 0. The van der Waals surface area contributed by atoms with E-state index in [9.17, 15) is 19.6 Å². The van der Waals surface area contributed by atoms with Crippen LogP contribution < -0.4 is 10.7 Å². The molecule has 0 bridgehead atoms. The zero-order valence-corrected chi connectivity index (χ0v) is 17.2. The molecule has 3 rings (SSSR count). The quantitative estimate of drug-likeness (QED) is 0.257. The van der Waals surface area contributed by atoms with Crippen molar-refractivity contribution in [2.75, 3.05) is 18.4 Å². The van der Waals surface area contributed by atoms with E-state index in [-0.39, 0.29) is 24.8 Å². The lowest BCUT2D eigenvalue weighted by molar-refractivity contribution is -0.156. The highest BCUT2D eigenvalue weighted by Crippen LogP contribution is 2.26. The maximum Gasteiger partial charge on any atom is 0.250 e. The van der Waals surface area contributed by atoms with Crippen molar-refractivity contribution in [2.45, 2.75) is 51.5 Å². The standard InChI is InChI=1S/C21H29N5O4/c1-2-15-7-9-22-19(12-15)24-20(28)18-8-10-23-26(18)21(29)17(13-25(30)14-27)11-16-5-3-4-6-16/h7,9,11-12,14,17-18,23,30H,2-6,8,10,13H2,1H3,(H,22,24,28). The van der Waals surface area contributed by atoms with Gasteiger partial charge in [-0.15, -0.1) is 0 Å². The second-order valence-electron chi connectivity index (χ2n) is 7.68. The molecule has 2 unspecified atom stereocenters. The smallest absolute Gasteiger partial charge is 0.250 e. The normalized spacial score (nSPS) is 19.5. The van der Waals surface area contributed by atoms with Crippen LogP contribution in [0.15, 0.2) is 30.0 Å². The van der Waals surface area contributed by atoms with Crippen LogP contribution in [-0.2, 0) is 20.8 Å². The molecule has 3 N–H and O–H groups in total. The molecule has 2 aliphatic rings. The number of aromatic nitrogens is 1. The van der Waals surface area contributed by atoms with Gasteiger partial charge in [-0.3, -0.25) is 24.6 Å². The molecule has 9 heteroatoms. The number of aryl methyl sites for hydroxylation is 1. The molecule has 162 valence electrons. The zero-order chi connectivity index (χ0) is 21.5. The number of hydrogen-bond acceptors (Lipinski definition) is 6. The van der Waals surface area contributed by atoms with Crippen molar-refractivity contribution < 1.29 is 19.6 Å². The number of hydrogen-bond donors (Lipinski definition) is 3. The molecule has 3 amide bonds. The first-order valence-corrected chi connectivity index (χ1v) is 10.4. The van der Waals surface area contributed by atoms with Gasteiger partial charge in [-0.05, 0) is 56.2 Å². The van der Waals surface area contributed by atoms with Gasteiger partial charge in [0.1, 0.15) is 11.9 Å². The van der Waals surface area contributed by atoms with Gasteiger partial charge in [-0.25, -0.2) is 15.5 Å². The summed E-state index contributed by atoms with van der Waals surface area (Å²) in [5, 5.41) is 14.3. The lowest BCUT2D eigenvalue weighted by atomic mass is 10.0. The zero-order valence-electron chi connectivity index (χ0n) is 17.2. The summed E-state index contributed by atoms with van der Waals surface area (Å²) >= 11 is 0. The number of anilines is 1. The van der Waals surface area contributed by atoms with Crippen LogP contribution in [0.4, 0.5) is 5.82 Å². The molecule has 9 nitrogen and oxygen atoms in total. The van der Waals surface area contributed by atoms with E-state index >= 15 is 0 Å². The fraction of sp³-hybridized carbons (Fsp3) is 0.524. The molecule has 1 aliphatic heterocycles. The Hall–Kier alpha value is -2.78. The van der Waals surface area contributed by atoms with Crippen LogP contribution >= 0.6 is 0 Å². The number of hydrazine groups is 1. The molecule has 0 spiro atoms. The molecule has 1 saturated heterocycles. The summed E-state index contributed by atoms with van der Waals surface area (Å²) in [6.07, 6.45) is 9.00. The van der Waals surface area contributed by atoms with Crippen LogP contribution in [0.2, 0.25) is 0 Å². The predicted octanol–water partition coefficient (Wildman–Crippen LogP) is 1.65. The first-order valence-electron chi connectivity index (χ1n) is 10.4. The first-order chi connectivity index (χ1) is 14.5. The fourth-order valence-corrected chi connectivity index (χ4v) is 3.92. The van der Waals surface area contributed by atoms with Gasteiger partial charge in [0.25, 0.3) is 0 Å². The maximum absolute atomic E-state index is 13.2. The molecule has 1 aromatic heterocycles. The molecule has 1 saturated carbocycles. The highest BCUT2D eigenvalue weighted by Gasteiger charge is 2.37. The Kier molecular flexibility index (Phi) is 7.53. The van der Waals surface area contributed by atoms with E-state index < -0.39 is 12.0 Å². The fourth-order valence-electron chi connectivity index (χ4n) is 3.92. The third-order valence-electron chi connectivity index (χ3n) is 5.54. The number of rotatable bonds is 8. The monoisotopic (exact) mass is 415 g/mol. The van der Waals surface area contributed by atoms with Crippen LogP contribution in [0.3, 0.4) is 0 Å². The van der Waals surface area contributed by atoms with Gasteiger partial charge in [0, 0.05) is 12.7 Å². The van der Waals surface area contributed by atoms with E-state index in [1.54, 1.807) is 6.20 Å². The molecule has 2 heterocycles. The molecule has 2 fully saturated rings. The van der Waals surface area contributed by atoms with Gasteiger partial charge >= 0.3 is 0 Å². The van der Waals surface area contributed by atoms with E-state index in [0.29, 0.717) is 23.8 Å². The summed E-state index contributed by atoms with van der Waals surface area (Å²) in [6.45, 7) is 2.34. The number of allylic oxidation sites excluding steroid dienone is 1. The summed E-state index contributed by atoms with van der Waals surface area (Å²) in [7, 11) is 0. The lowest BCUT2D eigenvalue weighted by Crippen LogP contribution is -2.51. The topological polar surface area (TPSA) is 115 Å². The first kappa shape index (κ1) is 21.9. The number of amides is 3. The summed E-state index contributed by atoms with van der Waals surface area (Å²) in [6, 6.07) is 3.00. The third-order valence-corrected chi connectivity index (χ3v) is 5.54. The maximum atomic E-state index is 13.2. The Morgan fingerprint density at radius 1 is 1.43 bits per heavy atom. The van der Waals surface area contributed by atoms with E-state index in [1.165, 1.54) is 5.01 Å². The van der Waals surface area contributed by atoms with Gasteiger partial charge in [-0.1, -0.05) is 18.6 Å². The van der Waals surface area contributed by atoms with Crippen molar-refractivity contribution in [3.63, 3.8) is 0 Å². The summed E-state index contributed by atoms with van der Waals surface area (Å²) in [4.78, 5) is 41.2. The predicted molar refractivity (Wildman–Crippen MR) is 110 cm³/mol. The molecule has 30 heavy (non-hydrogen) atoms. The van der Waals surface area contributed by atoms with Crippen LogP contribution in [0.5, 0.6) is 0 Å². The minimum absolute atomic E-state index is 0.154. The van der Waals surface area contributed by atoms with Gasteiger partial charge in [0.15, 0.2) is 0 Å². The van der Waals surface area contributed by atoms with Gasteiger partial charge in [-0.2, -0.15) is 0 Å². The van der Waals surface area contributed by atoms with Crippen LogP contribution in [0.1, 0.15) is 44.6 Å². The Balaban J connectivity index is 1.73. The molecule has 0 radical (unpaired) electrons. The highest BCUT2D eigenvalue weighted by atomic mass is 16.5. The average molecular weight is 415 g/mol. The molecular formula is C21H29N5O4. The second kappa shape index (κ2) is 10.3. The summed E-state index contributed by atoms with van der Waals surface area (Å²) in [5.74, 6) is -0.942. The number of hydroxylamine groups is 2. The van der Waals surface area contributed by atoms with E-state index in [4.69, 9.17) is 0 Å².